The molecule has 0 saturated carbocycles. The van der Waals surface area contributed by atoms with Crippen molar-refractivity contribution in [3.63, 3.8) is 0 Å². The molecule has 0 fully saturated rings. The van der Waals surface area contributed by atoms with Gasteiger partial charge in [-0.05, 0) is 42.2 Å². The first-order chi connectivity index (χ1) is 7.18. The third-order valence-corrected chi connectivity index (χ3v) is 2.75. The lowest BCUT2D eigenvalue weighted by Gasteiger charge is -2.07. The number of aromatic hydroxyl groups is 1. The zero-order valence-corrected chi connectivity index (χ0v) is 8.99. The van der Waals surface area contributed by atoms with E-state index in [0.717, 1.165) is 22.3 Å². The largest absolute Gasteiger partial charge is 0.508 e. The van der Waals surface area contributed by atoms with Gasteiger partial charge in [-0.3, -0.25) is 0 Å². The van der Waals surface area contributed by atoms with Gasteiger partial charge in [0.15, 0.2) is 0 Å². The number of hydrogen-bond donors (Lipinski definition) is 1. The zero-order valence-electron chi connectivity index (χ0n) is 8.99. The summed E-state index contributed by atoms with van der Waals surface area (Å²) in [7, 11) is 0. The van der Waals surface area contributed by atoms with Crippen LogP contribution in [0.4, 0.5) is 0 Å². The number of phenolic OH excluding ortho intramolecular Hbond substituents is 1. The monoisotopic (exact) mass is 198 g/mol. The molecular weight excluding hydrogens is 184 g/mol. The van der Waals surface area contributed by atoms with E-state index in [4.69, 9.17) is 0 Å². The molecule has 0 radical (unpaired) electrons. The third-order valence-electron chi connectivity index (χ3n) is 2.75. The van der Waals surface area contributed by atoms with Gasteiger partial charge in [-0.1, -0.05) is 36.4 Å². The second-order valence-electron chi connectivity index (χ2n) is 3.80. The molecule has 0 bridgehead atoms. The summed E-state index contributed by atoms with van der Waals surface area (Å²) in [5, 5.41) is 9.74. The van der Waals surface area contributed by atoms with Gasteiger partial charge in [0.1, 0.15) is 5.75 Å². The van der Waals surface area contributed by atoms with Gasteiger partial charge in [0.05, 0.1) is 0 Å². The molecule has 1 N–H and O–H groups in total. The van der Waals surface area contributed by atoms with Crippen molar-refractivity contribution >= 4 is 0 Å². The van der Waals surface area contributed by atoms with Gasteiger partial charge >= 0.3 is 0 Å². The Morgan fingerprint density at radius 3 is 2.13 bits per heavy atom. The molecule has 0 amide bonds. The smallest absolute Gasteiger partial charge is 0.119 e. The van der Waals surface area contributed by atoms with Crippen molar-refractivity contribution in [2.45, 2.75) is 13.8 Å². The van der Waals surface area contributed by atoms with Crippen LogP contribution in [0.3, 0.4) is 0 Å². The molecule has 76 valence electrons. The van der Waals surface area contributed by atoms with E-state index in [-0.39, 0.29) is 0 Å². The highest BCUT2D eigenvalue weighted by molar-refractivity contribution is 5.67. The SMILES string of the molecule is Cc1cc(-c2ccccc2)cc(O)c1C. The van der Waals surface area contributed by atoms with E-state index in [9.17, 15) is 5.11 Å². The van der Waals surface area contributed by atoms with E-state index >= 15 is 0 Å². The van der Waals surface area contributed by atoms with Gasteiger partial charge in [-0.15, -0.1) is 0 Å². The average Bonchev–Trinajstić information content (AvgIpc) is 2.26. The van der Waals surface area contributed by atoms with Crippen LogP contribution in [0.25, 0.3) is 11.1 Å². The van der Waals surface area contributed by atoms with Crippen molar-refractivity contribution in [3.05, 3.63) is 53.6 Å². The molecule has 1 heteroatoms. The number of rotatable bonds is 1. The molecule has 2 aromatic rings. The van der Waals surface area contributed by atoms with Crippen LogP contribution in [0.1, 0.15) is 11.1 Å². The lowest BCUT2D eigenvalue weighted by molar-refractivity contribution is 0.471. The molecule has 0 spiro atoms. The highest BCUT2D eigenvalue weighted by Crippen LogP contribution is 2.28. The third kappa shape index (κ3) is 1.86. The molecule has 15 heavy (non-hydrogen) atoms. The topological polar surface area (TPSA) is 20.2 Å². The van der Waals surface area contributed by atoms with Crippen LogP contribution < -0.4 is 0 Å². The minimum atomic E-state index is 0.369. The van der Waals surface area contributed by atoms with E-state index in [0.29, 0.717) is 5.75 Å². The average molecular weight is 198 g/mol. The Morgan fingerprint density at radius 1 is 0.867 bits per heavy atom. The van der Waals surface area contributed by atoms with Crippen molar-refractivity contribution in [1.29, 1.82) is 0 Å². The Morgan fingerprint density at radius 2 is 1.53 bits per heavy atom. The molecule has 0 aliphatic rings. The van der Waals surface area contributed by atoms with Gasteiger partial charge in [0, 0.05) is 0 Å². The Bertz CT molecular complexity index is 449. The number of phenols is 1. The lowest BCUT2D eigenvalue weighted by atomic mass is 10.00. The molecule has 0 aromatic heterocycles. The van der Waals surface area contributed by atoms with E-state index in [1.165, 1.54) is 0 Å². The van der Waals surface area contributed by atoms with Crippen LogP contribution in [-0.4, -0.2) is 5.11 Å². The number of benzene rings is 2. The van der Waals surface area contributed by atoms with Gasteiger partial charge in [0.25, 0.3) is 0 Å². The fraction of sp³-hybridized carbons (Fsp3) is 0.143. The predicted octanol–water partition coefficient (Wildman–Crippen LogP) is 3.68. The summed E-state index contributed by atoms with van der Waals surface area (Å²) in [6.07, 6.45) is 0. The van der Waals surface area contributed by atoms with Crippen molar-refractivity contribution < 1.29 is 5.11 Å². The molecule has 0 atom stereocenters. The molecule has 0 heterocycles. The van der Waals surface area contributed by atoms with E-state index < -0.39 is 0 Å². The summed E-state index contributed by atoms with van der Waals surface area (Å²) in [5.41, 5.74) is 4.27. The van der Waals surface area contributed by atoms with Crippen molar-refractivity contribution in [2.75, 3.05) is 0 Å². The second kappa shape index (κ2) is 3.77. The van der Waals surface area contributed by atoms with E-state index in [1.807, 2.05) is 50.2 Å². The van der Waals surface area contributed by atoms with E-state index in [2.05, 4.69) is 6.07 Å². The first kappa shape index (κ1) is 9.78. The molecule has 0 aliphatic heterocycles. The fourth-order valence-corrected chi connectivity index (χ4v) is 1.64. The maximum atomic E-state index is 9.74. The normalized spacial score (nSPS) is 10.3. The highest BCUT2D eigenvalue weighted by atomic mass is 16.3. The maximum Gasteiger partial charge on any atom is 0.119 e. The summed E-state index contributed by atoms with van der Waals surface area (Å²) in [6, 6.07) is 14.0. The summed E-state index contributed by atoms with van der Waals surface area (Å²) >= 11 is 0. The van der Waals surface area contributed by atoms with Gasteiger partial charge < -0.3 is 5.11 Å². The predicted molar refractivity (Wildman–Crippen MR) is 63.0 cm³/mol. The quantitative estimate of drug-likeness (QED) is 0.741. The van der Waals surface area contributed by atoms with Gasteiger partial charge in [-0.25, -0.2) is 0 Å². The Balaban J connectivity index is 2.56. The first-order valence-electron chi connectivity index (χ1n) is 5.04. The Hall–Kier alpha value is -1.76. The van der Waals surface area contributed by atoms with Gasteiger partial charge in [0.2, 0.25) is 0 Å². The molecular formula is C14H14O. The standard InChI is InChI=1S/C14H14O/c1-10-8-13(9-14(15)11(10)2)12-6-4-3-5-7-12/h3-9,15H,1-2H3. The van der Waals surface area contributed by atoms with Crippen molar-refractivity contribution in [1.82, 2.24) is 0 Å². The molecule has 1 nitrogen and oxygen atoms in total. The van der Waals surface area contributed by atoms with Crippen LogP contribution >= 0.6 is 0 Å². The second-order valence-corrected chi connectivity index (χ2v) is 3.80. The summed E-state index contributed by atoms with van der Waals surface area (Å²) < 4.78 is 0. The minimum Gasteiger partial charge on any atom is -0.508 e. The summed E-state index contributed by atoms with van der Waals surface area (Å²) in [4.78, 5) is 0. The van der Waals surface area contributed by atoms with Crippen LogP contribution in [0.5, 0.6) is 5.75 Å². The van der Waals surface area contributed by atoms with E-state index in [1.54, 1.807) is 0 Å². The fourth-order valence-electron chi connectivity index (χ4n) is 1.64. The van der Waals surface area contributed by atoms with Crippen molar-refractivity contribution in [2.24, 2.45) is 0 Å². The summed E-state index contributed by atoms with van der Waals surface area (Å²) in [5.74, 6) is 0.369. The maximum absolute atomic E-state index is 9.74. The van der Waals surface area contributed by atoms with Gasteiger partial charge in [-0.2, -0.15) is 0 Å². The molecule has 0 saturated heterocycles. The van der Waals surface area contributed by atoms with Crippen LogP contribution in [0.2, 0.25) is 0 Å². The number of hydrogen-bond acceptors (Lipinski definition) is 1. The Kier molecular flexibility index (Phi) is 2.46. The lowest BCUT2D eigenvalue weighted by Crippen LogP contribution is -1.84. The van der Waals surface area contributed by atoms with Crippen LogP contribution in [0, 0.1) is 13.8 Å². The van der Waals surface area contributed by atoms with Crippen LogP contribution in [0.15, 0.2) is 42.5 Å². The van der Waals surface area contributed by atoms with Crippen LogP contribution in [-0.2, 0) is 0 Å². The Labute approximate surface area is 90.0 Å². The molecule has 0 unspecified atom stereocenters. The molecule has 0 aliphatic carbocycles. The zero-order chi connectivity index (χ0) is 10.8. The molecule has 2 aromatic carbocycles. The first-order valence-corrected chi connectivity index (χ1v) is 5.04. The summed E-state index contributed by atoms with van der Waals surface area (Å²) in [6.45, 7) is 3.95. The minimum absolute atomic E-state index is 0.369. The molecule has 2 rings (SSSR count). The van der Waals surface area contributed by atoms with Crippen molar-refractivity contribution in [3.8, 4) is 16.9 Å². The highest BCUT2D eigenvalue weighted by Gasteiger charge is 2.04. The number of aryl methyl sites for hydroxylation is 1.